The first-order chi connectivity index (χ1) is 12.2. The third-order valence-corrected chi connectivity index (χ3v) is 5.35. The number of hydrogen-bond donors (Lipinski definition) is 0. The van der Waals surface area contributed by atoms with E-state index in [2.05, 4.69) is 46.3 Å². The molecule has 2 unspecified atom stereocenters. The van der Waals surface area contributed by atoms with Gasteiger partial charge < -0.3 is 4.74 Å². The van der Waals surface area contributed by atoms with E-state index < -0.39 is 0 Å². The molecule has 0 radical (unpaired) electrons. The van der Waals surface area contributed by atoms with Crippen LogP contribution in [0.25, 0.3) is 5.57 Å². The van der Waals surface area contributed by atoms with E-state index in [9.17, 15) is 4.39 Å². The van der Waals surface area contributed by atoms with Crippen molar-refractivity contribution in [3.05, 3.63) is 65.6 Å². The van der Waals surface area contributed by atoms with Gasteiger partial charge in [0.05, 0.1) is 13.3 Å². The minimum absolute atomic E-state index is 0.312. The van der Waals surface area contributed by atoms with Gasteiger partial charge in [-0.3, -0.25) is 4.90 Å². The van der Waals surface area contributed by atoms with Gasteiger partial charge in [-0.2, -0.15) is 0 Å². The van der Waals surface area contributed by atoms with Crippen LogP contribution in [0.15, 0.2) is 48.7 Å². The largest absolute Gasteiger partial charge is 0.481 e. The molecule has 130 valence electrons. The fraction of sp³-hybridized carbons (Fsp3) is 0.381. The van der Waals surface area contributed by atoms with E-state index in [-0.39, 0.29) is 5.82 Å². The Morgan fingerprint density at radius 2 is 2.08 bits per heavy atom. The Labute approximate surface area is 148 Å². The van der Waals surface area contributed by atoms with Crippen molar-refractivity contribution in [2.75, 3.05) is 7.11 Å². The molecule has 1 aromatic heterocycles. The van der Waals surface area contributed by atoms with Crippen molar-refractivity contribution in [1.29, 1.82) is 0 Å². The number of nitrogens with zero attached hydrogens (tertiary/aromatic N) is 2. The van der Waals surface area contributed by atoms with Crippen molar-refractivity contribution in [2.24, 2.45) is 0 Å². The fourth-order valence-electron chi connectivity index (χ4n) is 4.18. The van der Waals surface area contributed by atoms with Gasteiger partial charge in [0, 0.05) is 24.2 Å². The van der Waals surface area contributed by atoms with E-state index in [1.54, 1.807) is 13.2 Å². The quantitative estimate of drug-likeness (QED) is 0.824. The molecule has 2 aliphatic rings. The minimum atomic E-state index is -0.312. The molecule has 0 spiro atoms. The Balaban J connectivity index is 1.64. The van der Waals surface area contributed by atoms with Crippen LogP contribution in [-0.4, -0.2) is 29.1 Å². The molecule has 2 aromatic rings. The second-order valence-corrected chi connectivity index (χ2v) is 6.92. The predicted molar refractivity (Wildman–Crippen MR) is 96.8 cm³/mol. The monoisotopic (exact) mass is 338 g/mol. The summed E-state index contributed by atoms with van der Waals surface area (Å²) >= 11 is 0. The minimum Gasteiger partial charge on any atom is -0.481 e. The van der Waals surface area contributed by atoms with Crippen LogP contribution in [0, 0.1) is 5.82 Å². The maximum atomic E-state index is 13.7. The van der Waals surface area contributed by atoms with Gasteiger partial charge >= 0.3 is 0 Å². The summed E-state index contributed by atoms with van der Waals surface area (Å²) in [5.41, 5.74) is 3.32. The van der Waals surface area contributed by atoms with Crippen LogP contribution in [-0.2, 0) is 6.54 Å². The Bertz CT molecular complexity index is 775. The molecule has 0 aliphatic carbocycles. The maximum absolute atomic E-state index is 13.7. The average Bonchev–Trinajstić information content (AvgIpc) is 2.62. The van der Waals surface area contributed by atoms with E-state index in [4.69, 9.17) is 4.74 Å². The van der Waals surface area contributed by atoms with Crippen LogP contribution >= 0.6 is 0 Å². The molecule has 3 nitrogen and oxygen atoms in total. The summed E-state index contributed by atoms with van der Waals surface area (Å²) in [7, 11) is 1.59. The number of aromatic nitrogens is 1. The molecule has 4 heteroatoms. The van der Waals surface area contributed by atoms with Gasteiger partial charge in [-0.15, -0.1) is 0 Å². The van der Waals surface area contributed by atoms with Crippen LogP contribution < -0.4 is 4.74 Å². The van der Waals surface area contributed by atoms with Crippen LogP contribution in [0.1, 0.15) is 36.8 Å². The molecule has 1 saturated heterocycles. The highest BCUT2D eigenvalue weighted by Gasteiger charge is 2.34. The van der Waals surface area contributed by atoms with Gasteiger partial charge in [-0.05, 0) is 36.5 Å². The second kappa shape index (κ2) is 6.96. The number of fused-ring (bicyclic) bond motifs is 2. The number of rotatable bonds is 4. The zero-order valence-electron chi connectivity index (χ0n) is 14.5. The van der Waals surface area contributed by atoms with Crippen LogP contribution in [0.2, 0.25) is 0 Å². The zero-order valence-corrected chi connectivity index (χ0v) is 14.5. The topological polar surface area (TPSA) is 25.4 Å². The molecule has 0 amide bonds. The van der Waals surface area contributed by atoms with Crippen molar-refractivity contribution in [3.63, 3.8) is 0 Å². The highest BCUT2D eigenvalue weighted by molar-refractivity contribution is 5.71. The molecular weight excluding hydrogens is 315 g/mol. The fourth-order valence-corrected chi connectivity index (χ4v) is 4.18. The molecule has 3 heterocycles. The molecule has 0 saturated carbocycles. The van der Waals surface area contributed by atoms with Crippen LogP contribution in [0.4, 0.5) is 4.39 Å². The molecule has 1 aromatic carbocycles. The van der Waals surface area contributed by atoms with Crippen molar-refractivity contribution >= 4 is 5.57 Å². The standard InChI is InChI=1S/C21H23FN2O/c1-25-21-20(12-17(22)13-23-21)16-10-18-8-5-9-19(11-16)24(18)14-15-6-3-2-4-7-15/h2-4,6-7,10,12-13,18-19H,5,8-9,11,14H2,1H3. The number of halogens is 1. The Kier molecular flexibility index (Phi) is 4.53. The summed E-state index contributed by atoms with van der Waals surface area (Å²) in [6, 6.07) is 13.1. The van der Waals surface area contributed by atoms with E-state index in [1.165, 1.54) is 30.2 Å². The van der Waals surface area contributed by atoms with Crippen molar-refractivity contribution < 1.29 is 9.13 Å². The van der Waals surface area contributed by atoms with Crippen LogP contribution in [0.3, 0.4) is 0 Å². The Morgan fingerprint density at radius 1 is 1.24 bits per heavy atom. The molecule has 2 atom stereocenters. The highest BCUT2D eigenvalue weighted by atomic mass is 19.1. The SMILES string of the molecule is COc1ncc(F)cc1C1=CC2CCCC(C1)N2Cc1ccccc1. The summed E-state index contributed by atoms with van der Waals surface area (Å²) in [5, 5.41) is 0. The lowest BCUT2D eigenvalue weighted by molar-refractivity contribution is 0.0950. The summed E-state index contributed by atoms with van der Waals surface area (Å²) in [4.78, 5) is 6.70. The molecule has 4 rings (SSSR count). The van der Waals surface area contributed by atoms with Crippen molar-refractivity contribution in [1.82, 2.24) is 9.88 Å². The van der Waals surface area contributed by atoms with E-state index in [1.807, 2.05) is 0 Å². The van der Waals surface area contributed by atoms with Crippen LogP contribution in [0.5, 0.6) is 5.88 Å². The molecule has 1 fully saturated rings. The van der Waals surface area contributed by atoms with Gasteiger partial charge in [-0.1, -0.05) is 42.8 Å². The number of benzene rings is 1. The Hall–Kier alpha value is -2.20. The number of piperidine rings is 1. The van der Waals surface area contributed by atoms with Crippen molar-refractivity contribution in [3.8, 4) is 5.88 Å². The number of pyridine rings is 1. The average molecular weight is 338 g/mol. The summed E-state index contributed by atoms with van der Waals surface area (Å²) in [6.45, 7) is 0.971. The normalized spacial score (nSPS) is 23.2. The highest BCUT2D eigenvalue weighted by Crippen LogP contribution is 2.39. The summed E-state index contributed by atoms with van der Waals surface area (Å²) < 4.78 is 19.1. The first-order valence-corrected chi connectivity index (χ1v) is 8.95. The summed E-state index contributed by atoms with van der Waals surface area (Å²) in [5.74, 6) is 0.204. The maximum Gasteiger partial charge on any atom is 0.220 e. The van der Waals surface area contributed by atoms with Gasteiger partial charge in [0.2, 0.25) is 5.88 Å². The lowest BCUT2D eigenvalue weighted by atomic mass is 9.82. The van der Waals surface area contributed by atoms with E-state index in [0.717, 1.165) is 24.9 Å². The van der Waals surface area contributed by atoms with Gasteiger partial charge in [-0.25, -0.2) is 9.37 Å². The first-order valence-electron chi connectivity index (χ1n) is 8.95. The van der Waals surface area contributed by atoms with Gasteiger partial charge in [0.1, 0.15) is 5.82 Å². The third kappa shape index (κ3) is 3.31. The lowest BCUT2D eigenvalue weighted by Gasteiger charge is -2.45. The molecule has 25 heavy (non-hydrogen) atoms. The number of ether oxygens (including phenoxy) is 1. The molecule has 2 aliphatic heterocycles. The van der Waals surface area contributed by atoms with Gasteiger partial charge in [0.15, 0.2) is 0 Å². The number of hydrogen-bond acceptors (Lipinski definition) is 3. The lowest BCUT2D eigenvalue weighted by Crippen LogP contribution is -2.47. The summed E-state index contributed by atoms with van der Waals surface area (Å²) in [6.07, 6.45) is 8.03. The van der Waals surface area contributed by atoms with Gasteiger partial charge in [0.25, 0.3) is 0 Å². The molecular formula is C21H23FN2O. The van der Waals surface area contributed by atoms with E-state index in [0.29, 0.717) is 18.0 Å². The molecule has 2 bridgehead atoms. The number of methoxy groups -OCH3 is 1. The second-order valence-electron chi connectivity index (χ2n) is 6.92. The van der Waals surface area contributed by atoms with E-state index >= 15 is 0 Å². The predicted octanol–water partition coefficient (Wildman–Crippen LogP) is 4.44. The third-order valence-electron chi connectivity index (χ3n) is 5.35. The zero-order chi connectivity index (χ0) is 17.2. The molecule has 0 N–H and O–H groups in total. The van der Waals surface area contributed by atoms with Crippen molar-refractivity contribution in [2.45, 2.75) is 44.3 Å². The Morgan fingerprint density at radius 3 is 2.84 bits per heavy atom. The first kappa shape index (κ1) is 16.3. The smallest absolute Gasteiger partial charge is 0.220 e.